The zero-order chi connectivity index (χ0) is 20.3. The molecule has 2 saturated carbocycles. The molecule has 1 saturated heterocycles. The van der Waals surface area contributed by atoms with Crippen molar-refractivity contribution in [3.05, 3.63) is 30.0 Å². The first-order valence-electron chi connectivity index (χ1n) is 11.6. The number of carbonyl (C=O) groups excluding carboxylic acids is 2. The van der Waals surface area contributed by atoms with Gasteiger partial charge in [0.05, 0.1) is 11.6 Å². The maximum absolute atomic E-state index is 13.1. The molecule has 2 N–H and O–H groups in total. The van der Waals surface area contributed by atoms with Gasteiger partial charge in [0.25, 0.3) is 0 Å². The number of amides is 1. The third kappa shape index (κ3) is 2.73. The number of nitrogens with zero attached hydrogens (tertiary/aromatic N) is 1. The predicted molar refractivity (Wildman–Crippen MR) is 114 cm³/mol. The molecular weight excluding hydrogens is 378 g/mol. The van der Waals surface area contributed by atoms with Crippen LogP contribution in [0, 0.1) is 11.8 Å². The van der Waals surface area contributed by atoms with Crippen LogP contribution >= 0.6 is 0 Å². The maximum Gasteiger partial charge on any atom is 0.357 e. The largest absolute Gasteiger partial charge is 0.434 e. The molecule has 2 aliphatic carbocycles. The number of ether oxygens (including phenoxy) is 1. The van der Waals surface area contributed by atoms with Crippen molar-refractivity contribution in [2.45, 2.75) is 69.6 Å². The van der Waals surface area contributed by atoms with Crippen LogP contribution < -0.4 is 10.6 Å². The molecule has 1 unspecified atom stereocenters. The summed E-state index contributed by atoms with van der Waals surface area (Å²) in [6, 6.07) is 7.75. The number of anilines is 1. The van der Waals surface area contributed by atoms with Crippen molar-refractivity contribution < 1.29 is 14.3 Å². The van der Waals surface area contributed by atoms with Gasteiger partial charge in [0.1, 0.15) is 5.69 Å². The monoisotopic (exact) mass is 407 g/mol. The Bertz CT molecular complexity index is 1020. The highest BCUT2D eigenvalue weighted by Crippen LogP contribution is 2.48. The molecule has 6 heteroatoms. The van der Waals surface area contributed by atoms with Crippen molar-refractivity contribution in [3.63, 3.8) is 0 Å². The second-order valence-electron chi connectivity index (χ2n) is 9.60. The van der Waals surface area contributed by atoms with E-state index in [1.807, 2.05) is 24.3 Å². The Hall–Kier alpha value is -2.34. The Morgan fingerprint density at radius 1 is 1.10 bits per heavy atom. The summed E-state index contributed by atoms with van der Waals surface area (Å²) in [5.41, 5.74) is 1.96. The number of rotatable bonds is 3. The molecule has 3 fully saturated rings. The average Bonchev–Trinajstić information content (AvgIpc) is 3.42. The summed E-state index contributed by atoms with van der Waals surface area (Å²) in [5.74, 6) is 0.956. The summed E-state index contributed by atoms with van der Waals surface area (Å²) in [7, 11) is 0. The van der Waals surface area contributed by atoms with E-state index in [1.165, 1.54) is 32.1 Å². The van der Waals surface area contributed by atoms with E-state index in [-0.39, 0.29) is 17.9 Å². The molecule has 158 valence electrons. The second kappa shape index (κ2) is 6.84. The van der Waals surface area contributed by atoms with Gasteiger partial charge in [-0.15, -0.1) is 0 Å². The molecule has 0 bridgehead atoms. The van der Waals surface area contributed by atoms with Crippen molar-refractivity contribution in [1.82, 2.24) is 9.88 Å². The Labute approximate surface area is 176 Å². The number of fused-ring (bicyclic) bond motifs is 4. The summed E-state index contributed by atoms with van der Waals surface area (Å²) in [4.78, 5) is 25.4. The van der Waals surface area contributed by atoms with Gasteiger partial charge in [0.2, 0.25) is 5.91 Å². The number of carbonyl (C=O) groups is 2. The molecule has 1 spiro atoms. The van der Waals surface area contributed by atoms with Crippen molar-refractivity contribution in [3.8, 4) is 0 Å². The summed E-state index contributed by atoms with van der Waals surface area (Å²) in [6.07, 6.45) is 10.4. The van der Waals surface area contributed by atoms with Gasteiger partial charge in [0.15, 0.2) is 5.72 Å². The number of benzene rings is 1. The first-order chi connectivity index (χ1) is 14.6. The van der Waals surface area contributed by atoms with E-state index >= 15 is 0 Å². The molecule has 6 rings (SSSR count). The number of hydrogen-bond donors (Lipinski definition) is 2. The normalized spacial score (nSPS) is 27.8. The average molecular weight is 408 g/mol. The lowest BCUT2D eigenvalue weighted by Crippen LogP contribution is -2.42. The lowest BCUT2D eigenvalue weighted by molar-refractivity contribution is -0.119. The Kier molecular flexibility index (Phi) is 4.20. The van der Waals surface area contributed by atoms with Crippen LogP contribution in [0.2, 0.25) is 0 Å². The van der Waals surface area contributed by atoms with E-state index in [9.17, 15) is 9.59 Å². The van der Waals surface area contributed by atoms with Crippen molar-refractivity contribution in [1.29, 1.82) is 0 Å². The summed E-state index contributed by atoms with van der Waals surface area (Å²) in [5, 5.41) is 7.57. The third-order valence-electron chi connectivity index (χ3n) is 7.91. The molecule has 1 aromatic heterocycles. The minimum atomic E-state index is -0.472. The van der Waals surface area contributed by atoms with Gasteiger partial charge in [-0.2, -0.15) is 0 Å². The molecule has 1 amide bonds. The number of esters is 1. The number of aromatic nitrogens is 1. The quantitative estimate of drug-likeness (QED) is 0.750. The topological polar surface area (TPSA) is 72.4 Å². The standard InChI is InChI=1S/C24H29N3O3/c28-22(21-18(9-12-25-21)15-5-2-1-3-6-15)26-17-7-8-19-16(13-17)14-20-23(29)30-24(27(19)20)10-4-11-24/h7-8,13-15,18,21,25H,1-6,9-12H2,(H,26,28)/t18?,21-/m0/s1. The van der Waals surface area contributed by atoms with Crippen LogP contribution in [0.1, 0.15) is 68.3 Å². The molecule has 1 aromatic carbocycles. The Morgan fingerprint density at radius 2 is 1.93 bits per heavy atom. The summed E-state index contributed by atoms with van der Waals surface area (Å²) in [6.45, 7) is 0.925. The fourth-order valence-corrected chi connectivity index (χ4v) is 6.26. The highest BCUT2D eigenvalue weighted by Gasteiger charge is 2.50. The fraction of sp³-hybridized carbons (Fsp3) is 0.583. The molecule has 2 atom stereocenters. The van der Waals surface area contributed by atoms with Gasteiger partial charge in [-0.3, -0.25) is 9.36 Å². The summed E-state index contributed by atoms with van der Waals surface area (Å²) >= 11 is 0. The zero-order valence-corrected chi connectivity index (χ0v) is 17.3. The second-order valence-corrected chi connectivity index (χ2v) is 9.60. The highest BCUT2D eigenvalue weighted by atomic mass is 16.6. The van der Waals surface area contributed by atoms with Crippen LogP contribution in [-0.2, 0) is 15.3 Å². The van der Waals surface area contributed by atoms with Crippen LogP contribution in [0.25, 0.3) is 10.9 Å². The Balaban J connectivity index is 1.24. The third-order valence-corrected chi connectivity index (χ3v) is 7.91. The molecule has 6 nitrogen and oxygen atoms in total. The molecule has 0 radical (unpaired) electrons. The lowest BCUT2D eigenvalue weighted by atomic mass is 9.76. The highest BCUT2D eigenvalue weighted by molar-refractivity contribution is 6.01. The predicted octanol–water partition coefficient (Wildman–Crippen LogP) is 4.15. The van der Waals surface area contributed by atoms with Crippen LogP contribution in [-0.4, -0.2) is 29.0 Å². The van der Waals surface area contributed by atoms with Crippen molar-refractivity contribution in [2.75, 3.05) is 11.9 Å². The number of hydrogen-bond acceptors (Lipinski definition) is 4. The van der Waals surface area contributed by atoms with Gasteiger partial charge < -0.3 is 15.4 Å². The minimum Gasteiger partial charge on any atom is -0.434 e. The molecule has 2 aromatic rings. The van der Waals surface area contributed by atoms with Crippen LogP contribution in [0.4, 0.5) is 5.69 Å². The maximum atomic E-state index is 13.1. The van der Waals surface area contributed by atoms with Crippen molar-refractivity contribution >= 4 is 28.5 Å². The molecule has 3 heterocycles. The Morgan fingerprint density at radius 3 is 2.70 bits per heavy atom. The van der Waals surface area contributed by atoms with E-state index in [2.05, 4.69) is 15.2 Å². The van der Waals surface area contributed by atoms with Gasteiger partial charge in [-0.25, -0.2) is 4.79 Å². The fourth-order valence-electron chi connectivity index (χ4n) is 6.26. The van der Waals surface area contributed by atoms with Gasteiger partial charge in [-0.05, 0) is 55.5 Å². The molecular formula is C24H29N3O3. The smallest absolute Gasteiger partial charge is 0.357 e. The van der Waals surface area contributed by atoms with Gasteiger partial charge >= 0.3 is 5.97 Å². The van der Waals surface area contributed by atoms with Crippen LogP contribution in [0.15, 0.2) is 24.3 Å². The molecule has 2 aliphatic heterocycles. The van der Waals surface area contributed by atoms with E-state index in [0.717, 1.165) is 48.8 Å². The molecule has 4 aliphatic rings. The number of nitrogens with one attached hydrogen (secondary N) is 2. The van der Waals surface area contributed by atoms with Gasteiger partial charge in [0, 0.05) is 23.9 Å². The summed E-state index contributed by atoms with van der Waals surface area (Å²) < 4.78 is 7.75. The minimum absolute atomic E-state index is 0.0732. The van der Waals surface area contributed by atoms with E-state index in [0.29, 0.717) is 17.5 Å². The molecule has 30 heavy (non-hydrogen) atoms. The first-order valence-corrected chi connectivity index (χ1v) is 11.6. The van der Waals surface area contributed by atoms with Crippen LogP contribution in [0.5, 0.6) is 0 Å². The van der Waals surface area contributed by atoms with E-state index in [1.54, 1.807) is 0 Å². The van der Waals surface area contributed by atoms with Crippen molar-refractivity contribution in [2.24, 2.45) is 11.8 Å². The van der Waals surface area contributed by atoms with Gasteiger partial charge in [-0.1, -0.05) is 32.1 Å². The van der Waals surface area contributed by atoms with Crippen LogP contribution in [0.3, 0.4) is 0 Å². The van der Waals surface area contributed by atoms with E-state index in [4.69, 9.17) is 4.74 Å². The van der Waals surface area contributed by atoms with E-state index < -0.39 is 5.72 Å². The first kappa shape index (κ1) is 18.4. The lowest BCUT2D eigenvalue weighted by Gasteiger charge is -2.38. The SMILES string of the molecule is O=C1OC2(CCC2)n2c1cc1cc(NC(=O)[C@H]3NCCC3C3CCCCC3)ccc12. The zero-order valence-electron chi connectivity index (χ0n) is 17.3.